The number of hydrogen-bond acceptors (Lipinski definition) is 2. The van der Waals surface area contributed by atoms with E-state index in [1.54, 1.807) is 13.2 Å². The first-order chi connectivity index (χ1) is 8.76. The fourth-order valence-electron chi connectivity index (χ4n) is 1.17. The van der Waals surface area contributed by atoms with Gasteiger partial charge in [-0.1, -0.05) is 17.9 Å². The Hall–Kier alpha value is -2.41. The first-order valence-electron chi connectivity index (χ1n) is 5.52. The molecule has 0 saturated carbocycles. The van der Waals surface area contributed by atoms with Crippen LogP contribution >= 0.6 is 0 Å². The number of carbonyl (C=O) groups is 1. The van der Waals surface area contributed by atoms with Crippen molar-refractivity contribution in [2.24, 2.45) is 0 Å². The van der Waals surface area contributed by atoms with Gasteiger partial charge >= 0.3 is 6.03 Å². The van der Waals surface area contributed by atoms with Gasteiger partial charge in [0.15, 0.2) is 0 Å². The van der Waals surface area contributed by atoms with E-state index in [4.69, 9.17) is 4.74 Å². The number of nitrogens with one attached hydrogen (secondary N) is 2. The van der Waals surface area contributed by atoms with Gasteiger partial charge in [0.1, 0.15) is 5.75 Å². The second-order valence-electron chi connectivity index (χ2n) is 3.38. The van der Waals surface area contributed by atoms with E-state index >= 15 is 0 Å². The van der Waals surface area contributed by atoms with E-state index in [9.17, 15) is 4.79 Å². The van der Waals surface area contributed by atoms with Gasteiger partial charge in [0.25, 0.3) is 0 Å². The molecule has 0 bridgehead atoms. The number of benzene rings is 1. The van der Waals surface area contributed by atoms with E-state index < -0.39 is 0 Å². The van der Waals surface area contributed by atoms with Gasteiger partial charge in [-0.25, -0.2) is 4.79 Å². The molecule has 0 spiro atoms. The molecule has 0 radical (unpaired) electrons. The lowest BCUT2D eigenvalue weighted by molar-refractivity contribution is 0.243. The Balaban J connectivity index is 2.36. The number of urea groups is 1. The predicted molar refractivity (Wildman–Crippen MR) is 71.5 cm³/mol. The van der Waals surface area contributed by atoms with Gasteiger partial charge in [-0.05, 0) is 24.3 Å². The molecule has 1 rings (SSSR count). The summed E-state index contributed by atoms with van der Waals surface area (Å²) in [5.74, 6) is 6.59. The van der Waals surface area contributed by atoms with E-state index in [-0.39, 0.29) is 6.03 Å². The van der Waals surface area contributed by atoms with Crippen molar-refractivity contribution in [3.8, 4) is 17.6 Å². The van der Waals surface area contributed by atoms with E-state index in [1.807, 2.05) is 24.3 Å². The minimum Gasteiger partial charge on any atom is -0.497 e. The molecule has 0 heterocycles. The van der Waals surface area contributed by atoms with Gasteiger partial charge in [0.2, 0.25) is 0 Å². The third-order valence-corrected chi connectivity index (χ3v) is 2.07. The molecule has 0 unspecified atom stereocenters. The minimum absolute atomic E-state index is 0.251. The summed E-state index contributed by atoms with van der Waals surface area (Å²) in [7, 11) is 1.62. The van der Waals surface area contributed by atoms with Gasteiger partial charge in [-0.2, -0.15) is 0 Å². The Morgan fingerprint density at radius 2 is 2.11 bits per heavy atom. The van der Waals surface area contributed by atoms with Crippen LogP contribution in [0.5, 0.6) is 5.75 Å². The van der Waals surface area contributed by atoms with Crippen LogP contribution < -0.4 is 15.4 Å². The van der Waals surface area contributed by atoms with Gasteiger partial charge in [0.05, 0.1) is 13.7 Å². The lowest BCUT2D eigenvalue weighted by Crippen LogP contribution is -2.35. The molecule has 0 aliphatic heterocycles. The Kier molecular flexibility index (Phi) is 5.91. The lowest BCUT2D eigenvalue weighted by Gasteiger charge is -2.01. The van der Waals surface area contributed by atoms with Crippen LogP contribution in [0.4, 0.5) is 4.79 Å². The van der Waals surface area contributed by atoms with E-state index in [2.05, 4.69) is 29.1 Å². The van der Waals surface area contributed by atoms with Crippen molar-refractivity contribution < 1.29 is 9.53 Å². The van der Waals surface area contributed by atoms with Crippen molar-refractivity contribution in [1.82, 2.24) is 10.6 Å². The molecule has 0 aliphatic rings. The second-order valence-corrected chi connectivity index (χ2v) is 3.38. The fraction of sp³-hybridized carbons (Fsp3) is 0.214. The molecular formula is C14H16N2O2. The molecule has 2 N–H and O–H groups in total. The zero-order chi connectivity index (χ0) is 13.2. The van der Waals surface area contributed by atoms with Crippen molar-refractivity contribution in [3.05, 3.63) is 42.5 Å². The van der Waals surface area contributed by atoms with Gasteiger partial charge in [0, 0.05) is 12.1 Å². The molecule has 0 atom stereocenters. The Morgan fingerprint density at radius 1 is 1.39 bits per heavy atom. The zero-order valence-electron chi connectivity index (χ0n) is 10.3. The highest BCUT2D eigenvalue weighted by Crippen LogP contribution is 2.09. The molecular weight excluding hydrogens is 228 g/mol. The molecule has 1 aromatic carbocycles. The molecule has 4 heteroatoms. The highest BCUT2D eigenvalue weighted by atomic mass is 16.5. The summed E-state index contributed by atoms with van der Waals surface area (Å²) in [6.07, 6.45) is 1.61. The number of hydrogen-bond donors (Lipinski definition) is 2. The van der Waals surface area contributed by atoms with E-state index in [0.29, 0.717) is 13.1 Å². The topological polar surface area (TPSA) is 50.4 Å². The molecule has 0 aliphatic carbocycles. The molecule has 18 heavy (non-hydrogen) atoms. The quantitative estimate of drug-likeness (QED) is 0.623. The fourth-order valence-corrected chi connectivity index (χ4v) is 1.17. The monoisotopic (exact) mass is 244 g/mol. The van der Waals surface area contributed by atoms with Crippen LogP contribution in [0.3, 0.4) is 0 Å². The van der Waals surface area contributed by atoms with Crippen LogP contribution in [0, 0.1) is 11.8 Å². The molecule has 94 valence electrons. The highest BCUT2D eigenvalue weighted by molar-refractivity contribution is 5.74. The molecule has 1 aromatic rings. The molecule has 0 aromatic heterocycles. The largest absolute Gasteiger partial charge is 0.497 e. The maximum Gasteiger partial charge on any atom is 0.315 e. The van der Waals surface area contributed by atoms with Crippen molar-refractivity contribution in [2.45, 2.75) is 0 Å². The number of ether oxygens (including phenoxy) is 1. The number of carbonyl (C=O) groups excluding carboxylic acids is 1. The average Bonchev–Trinajstić information content (AvgIpc) is 2.42. The minimum atomic E-state index is -0.251. The Labute approximate surface area is 107 Å². The molecule has 0 fully saturated rings. The van der Waals surface area contributed by atoms with Crippen LogP contribution in [0.2, 0.25) is 0 Å². The summed E-state index contributed by atoms with van der Waals surface area (Å²) in [6, 6.07) is 7.16. The van der Waals surface area contributed by atoms with Crippen LogP contribution in [-0.2, 0) is 0 Å². The average molecular weight is 244 g/mol. The predicted octanol–water partition coefficient (Wildman–Crippen LogP) is 1.53. The summed E-state index contributed by atoms with van der Waals surface area (Å²) >= 11 is 0. The van der Waals surface area contributed by atoms with Crippen molar-refractivity contribution >= 4 is 6.03 Å². The standard InChI is InChI=1S/C14H16N2O2/c1-3-10-15-14(17)16-11-4-5-12-6-8-13(18-2)9-7-12/h3,6-9H,1,10-11H2,2H3,(H2,15,16,17). The SMILES string of the molecule is C=CCNC(=O)NCC#Cc1ccc(OC)cc1. The Bertz CT molecular complexity index is 455. The Morgan fingerprint density at radius 3 is 2.72 bits per heavy atom. The molecule has 2 amide bonds. The van der Waals surface area contributed by atoms with Crippen molar-refractivity contribution in [1.29, 1.82) is 0 Å². The highest BCUT2D eigenvalue weighted by Gasteiger charge is 1.93. The smallest absolute Gasteiger partial charge is 0.315 e. The number of rotatable bonds is 4. The number of amides is 2. The maximum absolute atomic E-state index is 11.1. The summed E-state index contributed by atoms with van der Waals surface area (Å²) < 4.78 is 5.04. The van der Waals surface area contributed by atoms with E-state index in [0.717, 1.165) is 11.3 Å². The van der Waals surface area contributed by atoms with Crippen LogP contribution in [0.15, 0.2) is 36.9 Å². The van der Waals surface area contributed by atoms with E-state index in [1.165, 1.54) is 0 Å². The van der Waals surface area contributed by atoms with Gasteiger partial charge in [-0.15, -0.1) is 6.58 Å². The van der Waals surface area contributed by atoms with Crippen LogP contribution in [0.1, 0.15) is 5.56 Å². The summed E-state index contributed by atoms with van der Waals surface area (Å²) in [5, 5.41) is 5.21. The summed E-state index contributed by atoms with van der Waals surface area (Å²) in [4.78, 5) is 11.1. The first-order valence-corrected chi connectivity index (χ1v) is 5.52. The maximum atomic E-state index is 11.1. The lowest BCUT2D eigenvalue weighted by atomic mass is 10.2. The van der Waals surface area contributed by atoms with Gasteiger partial charge < -0.3 is 15.4 Å². The van der Waals surface area contributed by atoms with Crippen LogP contribution in [-0.4, -0.2) is 26.2 Å². The zero-order valence-corrected chi connectivity index (χ0v) is 10.3. The summed E-state index contributed by atoms with van der Waals surface area (Å²) in [5.41, 5.74) is 0.879. The third kappa shape index (κ3) is 5.08. The van der Waals surface area contributed by atoms with Gasteiger partial charge in [-0.3, -0.25) is 0 Å². The third-order valence-electron chi connectivity index (χ3n) is 2.07. The van der Waals surface area contributed by atoms with Crippen LogP contribution in [0.25, 0.3) is 0 Å². The molecule has 0 saturated heterocycles. The van der Waals surface area contributed by atoms with Crippen molar-refractivity contribution in [2.75, 3.05) is 20.2 Å². The second kappa shape index (κ2) is 7.80. The van der Waals surface area contributed by atoms with Crippen molar-refractivity contribution in [3.63, 3.8) is 0 Å². The first kappa shape index (κ1) is 13.7. The summed E-state index contributed by atoms with van der Waals surface area (Å²) in [6.45, 7) is 4.24. The number of methoxy groups -OCH3 is 1. The molecule has 4 nitrogen and oxygen atoms in total. The normalized spacial score (nSPS) is 8.72.